The molecule has 1 atom stereocenters. The lowest BCUT2D eigenvalue weighted by Crippen LogP contribution is -2.26. The van der Waals surface area contributed by atoms with E-state index >= 15 is 0 Å². The van der Waals surface area contributed by atoms with Gasteiger partial charge in [-0.15, -0.1) is 0 Å². The molecule has 2 N–H and O–H groups in total. The molecule has 2 rings (SSSR count). The Labute approximate surface area is 135 Å². The Morgan fingerprint density at radius 3 is 2.62 bits per heavy atom. The highest BCUT2D eigenvalue weighted by Crippen LogP contribution is 2.16. The largest absolute Gasteiger partial charge is 0.327 e. The van der Waals surface area contributed by atoms with Gasteiger partial charge in [0.15, 0.2) is 0 Å². The summed E-state index contributed by atoms with van der Waals surface area (Å²) in [4.78, 5) is 0. The molecule has 0 aliphatic rings. The second-order valence-electron chi connectivity index (χ2n) is 5.56. The molecule has 0 amide bonds. The van der Waals surface area contributed by atoms with Crippen molar-refractivity contribution in [2.45, 2.75) is 51.6 Å². The SMILES string of the molecule is CCC(CC)n1ccc(CC(N)Cc2cccc(Br)c2)n1. The van der Waals surface area contributed by atoms with Crippen LogP contribution in [0.15, 0.2) is 41.0 Å². The number of rotatable bonds is 7. The van der Waals surface area contributed by atoms with E-state index in [9.17, 15) is 0 Å². The third kappa shape index (κ3) is 4.68. The standard InChI is InChI=1S/C17H24BrN3/c1-3-17(4-2)21-9-8-16(20-21)12-15(19)11-13-6-5-7-14(18)10-13/h5-10,15,17H,3-4,11-12,19H2,1-2H3. The molecule has 21 heavy (non-hydrogen) atoms. The lowest BCUT2D eigenvalue weighted by atomic mass is 10.0. The third-order valence-electron chi connectivity index (χ3n) is 3.84. The number of nitrogens with zero attached hydrogens (tertiary/aromatic N) is 2. The van der Waals surface area contributed by atoms with Gasteiger partial charge in [0.1, 0.15) is 0 Å². The summed E-state index contributed by atoms with van der Waals surface area (Å²) >= 11 is 3.50. The van der Waals surface area contributed by atoms with Crippen molar-refractivity contribution in [3.8, 4) is 0 Å². The van der Waals surface area contributed by atoms with Crippen LogP contribution in [0.5, 0.6) is 0 Å². The number of nitrogens with two attached hydrogens (primary N) is 1. The van der Waals surface area contributed by atoms with Crippen LogP contribution in [0, 0.1) is 0 Å². The summed E-state index contributed by atoms with van der Waals surface area (Å²) in [5.41, 5.74) is 8.62. The average Bonchev–Trinajstić information content (AvgIpc) is 2.88. The molecule has 1 aromatic carbocycles. The molecule has 0 fully saturated rings. The predicted octanol–water partition coefficient (Wildman–Crippen LogP) is 4.12. The summed E-state index contributed by atoms with van der Waals surface area (Å²) in [6.45, 7) is 4.41. The monoisotopic (exact) mass is 349 g/mol. The molecule has 1 heterocycles. The molecule has 0 aliphatic carbocycles. The van der Waals surface area contributed by atoms with Crippen LogP contribution in [0.3, 0.4) is 0 Å². The van der Waals surface area contributed by atoms with Crippen molar-refractivity contribution in [1.82, 2.24) is 9.78 Å². The molecule has 114 valence electrons. The normalized spacial score (nSPS) is 12.8. The summed E-state index contributed by atoms with van der Waals surface area (Å²) < 4.78 is 3.19. The molecule has 1 unspecified atom stereocenters. The van der Waals surface area contributed by atoms with Gasteiger partial charge in [0, 0.05) is 23.1 Å². The molecule has 4 heteroatoms. The Hall–Kier alpha value is -1.13. The summed E-state index contributed by atoms with van der Waals surface area (Å²) in [5.74, 6) is 0. The van der Waals surface area contributed by atoms with Gasteiger partial charge in [-0.05, 0) is 43.0 Å². The molecule has 0 radical (unpaired) electrons. The number of aromatic nitrogens is 2. The fraction of sp³-hybridized carbons (Fsp3) is 0.471. The van der Waals surface area contributed by atoms with Crippen molar-refractivity contribution in [3.63, 3.8) is 0 Å². The van der Waals surface area contributed by atoms with E-state index in [2.05, 4.69) is 64.0 Å². The van der Waals surface area contributed by atoms with Crippen LogP contribution in [0.25, 0.3) is 0 Å². The van der Waals surface area contributed by atoms with E-state index in [1.807, 2.05) is 12.1 Å². The third-order valence-corrected chi connectivity index (χ3v) is 4.33. The first kappa shape index (κ1) is 16.2. The summed E-state index contributed by atoms with van der Waals surface area (Å²) in [6, 6.07) is 11.0. The van der Waals surface area contributed by atoms with Crippen molar-refractivity contribution in [2.24, 2.45) is 5.73 Å². The quantitative estimate of drug-likeness (QED) is 0.816. The van der Waals surface area contributed by atoms with Crippen molar-refractivity contribution in [2.75, 3.05) is 0 Å². The van der Waals surface area contributed by atoms with Crippen molar-refractivity contribution >= 4 is 15.9 Å². The zero-order chi connectivity index (χ0) is 15.2. The van der Waals surface area contributed by atoms with E-state index < -0.39 is 0 Å². The highest BCUT2D eigenvalue weighted by Gasteiger charge is 2.11. The van der Waals surface area contributed by atoms with Crippen LogP contribution in [0.4, 0.5) is 0 Å². The Morgan fingerprint density at radius 1 is 1.19 bits per heavy atom. The van der Waals surface area contributed by atoms with Crippen LogP contribution in [0.1, 0.15) is 44.0 Å². The van der Waals surface area contributed by atoms with Gasteiger partial charge in [-0.2, -0.15) is 5.10 Å². The molecule has 0 saturated heterocycles. The molecule has 0 aliphatic heterocycles. The molecule has 3 nitrogen and oxygen atoms in total. The lowest BCUT2D eigenvalue weighted by Gasteiger charge is -2.13. The molecule has 0 spiro atoms. The van der Waals surface area contributed by atoms with Crippen LogP contribution < -0.4 is 5.73 Å². The maximum atomic E-state index is 6.27. The van der Waals surface area contributed by atoms with Gasteiger partial charge in [0.25, 0.3) is 0 Å². The highest BCUT2D eigenvalue weighted by molar-refractivity contribution is 9.10. The van der Waals surface area contributed by atoms with Crippen LogP contribution in [-0.2, 0) is 12.8 Å². The Bertz CT molecular complexity index is 561. The predicted molar refractivity (Wildman–Crippen MR) is 91.4 cm³/mol. The van der Waals surface area contributed by atoms with Crippen LogP contribution in [0.2, 0.25) is 0 Å². The van der Waals surface area contributed by atoms with Gasteiger partial charge >= 0.3 is 0 Å². The second-order valence-corrected chi connectivity index (χ2v) is 6.47. The molecule has 1 aromatic heterocycles. The van der Waals surface area contributed by atoms with E-state index in [-0.39, 0.29) is 6.04 Å². The highest BCUT2D eigenvalue weighted by atomic mass is 79.9. The van der Waals surface area contributed by atoms with Gasteiger partial charge in [-0.1, -0.05) is 41.9 Å². The fourth-order valence-corrected chi connectivity index (χ4v) is 3.11. The Kier molecular flexibility index (Phi) is 6.00. The fourth-order valence-electron chi connectivity index (χ4n) is 2.66. The Morgan fingerprint density at radius 2 is 1.95 bits per heavy atom. The number of halogens is 1. The van der Waals surface area contributed by atoms with E-state index in [4.69, 9.17) is 5.73 Å². The van der Waals surface area contributed by atoms with E-state index in [0.717, 1.165) is 35.8 Å². The number of hydrogen-bond donors (Lipinski definition) is 1. The van der Waals surface area contributed by atoms with Crippen molar-refractivity contribution in [3.05, 3.63) is 52.3 Å². The van der Waals surface area contributed by atoms with Gasteiger partial charge in [-0.3, -0.25) is 4.68 Å². The number of hydrogen-bond acceptors (Lipinski definition) is 2. The lowest BCUT2D eigenvalue weighted by molar-refractivity contribution is 0.424. The van der Waals surface area contributed by atoms with Gasteiger partial charge in [-0.25, -0.2) is 0 Å². The molecule has 2 aromatic rings. The summed E-state index contributed by atoms with van der Waals surface area (Å²) in [5, 5.41) is 4.68. The maximum Gasteiger partial charge on any atom is 0.0640 e. The maximum absolute atomic E-state index is 6.27. The average molecular weight is 350 g/mol. The smallest absolute Gasteiger partial charge is 0.0640 e. The zero-order valence-corrected chi connectivity index (χ0v) is 14.4. The minimum atomic E-state index is 0.101. The Balaban J connectivity index is 1.95. The minimum Gasteiger partial charge on any atom is -0.327 e. The molecule has 0 saturated carbocycles. The zero-order valence-electron chi connectivity index (χ0n) is 12.8. The van der Waals surface area contributed by atoms with E-state index in [1.54, 1.807) is 0 Å². The van der Waals surface area contributed by atoms with E-state index in [0.29, 0.717) is 6.04 Å². The second kappa shape index (κ2) is 7.76. The molecular formula is C17H24BrN3. The number of benzene rings is 1. The molecular weight excluding hydrogens is 326 g/mol. The van der Waals surface area contributed by atoms with Crippen molar-refractivity contribution < 1.29 is 0 Å². The first-order valence-corrected chi connectivity index (χ1v) is 8.45. The van der Waals surface area contributed by atoms with Crippen LogP contribution >= 0.6 is 15.9 Å². The summed E-state index contributed by atoms with van der Waals surface area (Å²) in [6.07, 6.45) is 6.00. The minimum absolute atomic E-state index is 0.101. The van der Waals surface area contributed by atoms with Crippen molar-refractivity contribution in [1.29, 1.82) is 0 Å². The topological polar surface area (TPSA) is 43.8 Å². The first-order chi connectivity index (χ1) is 10.1. The first-order valence-electron chi connectivity index (χ1n) is 7.66. The summed E-state index contributed by atoms with van der Waals surface area (Å²) in [7, 11) is 0. The van der Waals surface area contributed by atoms with Gasteiger partial charge in [0.05, 0.1) is 11.7 Å². The van der Waals surface area contributed by atoms with Gasteiger partial charge in [0.2, 0.25) is 0 Å². The molecule has 0 bridgehead atoms. The van der Waals surface area contributed by atoms with E-state index in [1.165, 1.54) is 5.56 Å². The van der Waals surface area contributed by atoms with Gasteiger partial charge < -0.3 is 5.73 Å². The van der Waals surface area contributed by atoms with Crippen LogP contribution in [-0.4, -0.2) is 15.8 Å².